The van der Waals surface area contributed by atoms with Crippen LogP contribution in [0.4, 0.5) is 0 Å². The summed E-state index contributed by atoms with van der Waals surface area (Å²) in [5.41, 5.74) is 0.0657. The van der Waals surface area contributed by atoms with E-state index in [4.69, 9.17) is 86.2 Å². The maximum atomic E-state index is 14.3. The fourth-order valence-corrected chi connectivity index (χ4v) is 9.95. The molecule has 5 nitrogen and oxygen atoms in total. The normalized spacial score (nSPS) is 34.3. The first-order chi connectivity index (χ1) is 19.8. The van der Waals surface area contributed by atoms with Crippen molar-refractivity contribution in [3.8, 4) is 0 Å². The standard InChI is InChI=1S/C30H22Cl7NO4/c1-3-30-17(21(34)22(35)23(36)28(30)37)27(41)13(29(30)42)11-6-4-5-10-7-8-12(38-24(10)11)14-25(39)15-16(26(14)40)20(33)19(32)9(2)18(15)31/h4-8,13-14,17,21-23,27-28,41H,3H2,1-2H3. The van der Waals surface area contributed by atoms with Crippen molar-refractivity contribution in [3.63, 3.8) is 0 Å². The molecule has 0 radical (unpaired) electrons. The number of carbonyl (C=O) groups excluding carboxylic acids is 3. The maximum Gasteiger partial charge on any atom is 0.182 e. The summed E-state index contributed by atoms with van der Waals surface area (Å²) in [6.07, 6.45) is -0.936. The summed E-state index contributed by atoms with van der Waals surface area (Å²) in [6, 6.07) is 8.51. The van der Waals surface area contributed by atoms with Crippen LogP contribution in [0.1, 0.15) is 62.7 Å². The van der Waals surface area contributed by atoms with E-state index < -0.39 is 62.3 Å². The molecule has 2 aromatic carbocycles. The van der Waals surface area contributed by atoms with Gasteiger partial charge in [0.1, 0.15) is 5.92 Å². The fourth-order valence-electron chi connectivity index (χ4n) is 7.18. The number of halogens is 7. The summed E-state index contributed by atoms with van der Waals surface area (Å²) in [4.78, 5) is 46.3. The Bertz CT molecular complexity index is 1670. The molecular formula is C30H22Cl7NO4. The zero-order valence-electron chi connectivity index (χ0n) is 22.0. The average molecular weight is 709 g/mol. The molecule has 2 saturated carbocycles. The Hall–Kier alpha value is -1.15. The summed E-state index contributed by atoms with van der Waals surface area (Å²) >= 11 is 45.8. The van der Waals surface area contributed by atoms with Gasteiger partial charge in [-0.2, -0.15) is 0 Å². The van der Waals surface area contributed by atoms with Gasteiger partial charge in [0, 0.05) is 11.3 Å². The summed E-state index contributed by atoms with van der Waals surface area (Å²) in [5, 5.41) is 9.23. The Morgan fingerprint density at radius 2 is 1.50 bits per heavy atom. The van der Waals surface area contributed by atoms with E-state index in [9.17, 15) is 19.5 Å². The van der Waals surface area contributed by atoms with Crippen LogP contribution in [0.15, 0.2) is 30.3 Å². The number of hydrogen-bond acceptors (Lipinski definition) is 5. The number of aromatic nitrogens is 1. The van der Waals surface area contributed by atoms with Crippen molar-refractivity contribution in [3.05, 3.63) is 73.3 Å². The first-order valence-corrected chi connectivity index (χ1v) is 16.1. The Balaban J connectivity index is 1.50. The molecule has 0 spiro atoms. The highest BCUT2D eigenvalue weighted by Crippen LogP contribution is 2.61. The lowest BCUT2D eigenvalue weighted by atomic mass is 9.64. The maximum absolute atomic E-state index is 14.3. The first kappa shape index (κ1) is 30.9. The Morgan fingerprint density at radius 3 is 2.14 bits per heavy atom. The lowest BCUT2D eigenvalue weighted by molar-refractivity contribution is -0.129. The van der Waals surface area contributed by atoms with Gasteiger partial charge in [0.25, 0.3) is 0 Å². The van der Waals surface area contributed by atoms with Crippen LogP contribution in [0.3, 0.4) is 0 Å². The number of rotatable bonds is 3. The highest BCUT2D eigenvalue weighted by Gasteiger charge is 2.69. The number of fused-ring (bicyclic) bond motifs is 3. The van der Waals surface area contributed by atoms with Crippen LogP contribution in [-0.2, 0) is 4.79 Å². The third kappa shape index (κ3) is 3.94. The second-order valence-electron chi connectivity index (χ2n) is 11.1. The van der Waals surface area contributed by atoms with E-state index in [1.807, 2.05) is 6.92 Å². The third-order valence-corrected chi connectivity index (χ3v) is 13.4. The van der Waals surface area contributed by atoms with E-state index in [1.54, 1.807) is 37.3 Å². The minimum atomic E-state index is -1.31. The van der Waals surface area contributed by atoms with Gasteiger partial charge in [0.05, 0.1) is 76.4 Å². The molecule has 0 bridgehead atoms. The molecular weight excluding hydrogens is 687 g/mol. The SMILES string of the molecule is CCC12C(=O)C(c3cccc4ccc(C5C(=O)c6c(Cl)c(C)c(Cl)c(Cl)c6C5=O)nc34)C(O)C1C(Cl)C(Cl)C(Cl)C2Cl. The number of nitrogens with zero attached hydrogens (tertiary/aromatic N) is 1. The molecule has 3 aromatic rings. The molecule has 0 saturated heterocycles. The Kier molecular flexibility index (Phi) is 7.89. The van der Waals surface area contributed by atoms with E-state index in [0.29, 0.717) is 28.5 Å². The molecule has 2 fully saturated rings. The van der Waals surface area contributed by atoms with Crippen LogP contribution in [0.5, 0.6) is 0 Å². The number of Topliss-reactive ketones (excluding diaryl/α,β-unsaturated/α-hetero) is 3. The number of para-hydroxylation sites is 1. The van der Waals surface area contributed by atoms with Gasteiger partial charge in [0.15, 0.2) is 17.3 Å². The van der Waals surface area contributed by atoms with Crippen LogP contribution in [0.25, 0.3) is 10.9 Å². The molecule has 42 heavy (non-hydrogen) atoms. The number of aliphatic hydroxyl groups is 1. The van der Waals surface area contributed by atoms with E-state index in [-0.39, 0.29) is 37.7 Å². The van der Waals surface area contributed by atoms with Gasteiger partial charge in [-0.15, -0.1) is 46.4 Å². The van der Waals surface area contributed by atoms with E-state index in [0.717, 1.165) is 0 Å². The van der Waals surface area contributed by atoms with Crippen molar-refractivity contribution >= 4 is 109 Å². The molecule has 9 unspecified atom stereocenters. The van der Waals surface area contributed by atoms with E-state index in [2.05, 4.69) is 0 Å². The van der Waals surface area contributed by atoms with Gasteiger partial charge in [-0.1, -0.05) is 66.0 Å². The predicted molar refractivity (Wildman–Crippen MR) is 168 cm³/mol. The Morgan fingerprint density at radius 1 is 0.857 bits per heavy atom. The topological polar surface area (TPSA) is 84.3 Å². The number of benzene rings is 2. The van der Waals surface area contributed by atoms with Crippen LogP contribution >= 0.6 is 81.2 Å². The van der Waals surface area contributed by atoms with Gasteiger partial charge in [-0.25, -0.2) is 0 Å². The molecule has 0 amide bonds. The molecule has 3 aliphatic rings. The second-order valence-corrected chi connectivity index (χ2v) is 14.2. The Labute approximate surface area is 276 Å². The van der Waals surface area contributed by atoms with Crippen molar-refractivity contribution in [1.82, 2.24) is 4.98 Å². The zero-order valence-corrected chi connectivity index (χ0v) is 27.3. The largest absolute Gasteiger partial charge is 0.392 e. The number of carbonyl (C=O) groups is 3. The van der Waals surface area contributed by atoms with Crippen molar-refractivity contribution in [2.75, 3.05) is 0 Å². The molecule has 1 heterocycles. The summed E-state index contributed by atoms with van der Waals surface area (Å²) in [7, 11) is 0. The van der Waals surface area contributed by atoms with Crippen LogP contribution < -0.4 is 0 Å². The lowest BCUT2D eigenvalue weighted by Crippen LogP contribution is -2.59. The van der Waals surface area contributed by atoms with Crippen LogP contribution in [-0.4, -0.2) is 55.1 Å². The molecule has 9 atom stereocenters. The van der Waals surface area contributed by atoms with Crippen LogP contribution in [0, 0.1) is 18.3 Å². The van der Waals surface area contributed by atoms with E-state index >= 15 is 0 Å². The molecule has 1 aromatic heterocycles. The molecule has 220 valence electrons. The minimum absolute atomic E-state index is 0.0108. The predicted octanol–water partition coefficient (Wildman–Crippen LogP) is 8.15. The molecule has 1 N–H and O–H groups in total. The monoisotopic (exact) mass is 705 g/mol. The molecule has 12 heteroatoms. The molecule has 6 rings (SSSR count). The number of pyridine rings is 1. The summed E-state index contributed by atoms with van der Waals surface area (Å²) in [6.45, 7) is 3.43. The van der Waals surface area contributed by atoms with Crippen molar-refractivity contribution in [2.45, 2.75) is 59.7 Å². The van der Waals surface area contributed by atoms with Gasteiger partial charge in [-0.05, 0) is 30.5 Å². The second kappa shape index (κ2) is 10.7. The molecule has 3 aliphatic carbocycles. The molecule has 0 aliphatic heterocycles. The number of ketones is 3. The summed E-state index contributed by atoms with van der Waals surface area (Å²) < 4.78 is 0. The minimum Gasteiger partial charge on any atom is -0.392 e. The lowest BCUT2D eigenvalue weighted by Gasteiger charge is -2.48. The average Bonchev–Trinajstić information content (AvgIpc) is 3.37. The van der Waals surface area contributed by atoms with Crippen molar-refractivity contribution < 1.29 is 19.5 Å². The van der Waals surface area contributed by atoms with Crippen molar-refractivity contribution in [1.29, 1.82) is 0 Å². The van der Waals surface area contributed by atoms with Crippen LogP contribution in [0.2, 0.25) is 15.1 Å². The summed E-state index contributed by atoms with van der Waals surface area (Å²) in [5.74, 6) is -4.54. The highest BCUT2D eigenvalue weighted by molar-refractivity contribution is 6.50. The fraction of sp³-hybridized carbons (Fsp3) is 0.400. The van der Waals surface area contributed by atoms with Gasteiger partial charge in [-0.3, -0.25) is 19.4 Å². The smallest absolute Gasteiger partial charge is 0.182 e. The van der Waals surface area contributed by atoms with Crippen molar-refractivity contribution in [2.24, 2.45) is 11.3 Å². The third-order valence-electron chi connectivity index (χ3n) is 9.31. The quantitative estimate of drug-likeness (QED) is 0.169. The van der Waals surface area contributed by atoms with E-state index in [1.165, 1.54) is 0 Å². The number of alkyl halides is 4. The zero-order chi connectivity index (χ0) is 30.6. The van der Waals surface area contributed by atoms with Gasteiger partial charge >= 0.3 is 0 Å². The van der Waals surface area contributed by atoms with Gasteiger partial charge in [0.2, 0.25) is 0 Å². The number of hydrogen-bond donors (Lipinski definition) is 1. The van der Waals surface area contributed by atoms with Gasteiger partial charge < -0.3 is 5.11 Å². The first-order valence-electron chi connectivity index (χ1n) is 13.2. The highest BCUT2D eigenvalue weighted by atomic mass is 35.5. The number of aliphatic hydroxyl groups excluding tert-OH is 1.